The zero-order chi connectivity index (χ0) is 15.0. The van der Waals surface area contributed by atoms with Crippen molar-refractivity contribution in [2.24, 2.45) is 0 Å². The number of hydrogen-bond acceptors (Lipinski definition) is 3. The highest BCUT2D eigenvalue weighted by atomic mass is 32.1. The zero-order valence-electron chi connectivity index (χ0n) is 12.3. The van der Waals surface area contributed by atoms with Crippen molar-refractivity contribution in [1.29, 1.82) is 0 Å². The molecule has 0 spiro atoms. The Morgan fingerprint density at radius 1 is 1.38 bits per heavy atom. The molecule has 0 fully saturated rings. The summed E-state index contributed by atoms with van der Waals surface area (Å²) < 4.78 is 1.94. The van der Waals surface area contributed by atoms with Crippen molar-refractivity contribution in [1.82, 2.24) is 9.38 Å². The molecule has 0 aliphatic heterocycles. The number of carbonyl (C=O) groups is 1. The molecule has 0 saturated carbocycles. The molecule has 0 aliphatic rings. The molecule has 1 amide bonds. The number of amides is 1. The number of aryl methyl sites for hydroxylation is 3. The van der Waals surface area contributed by atoms with Crippen LogP contribution in [0.25, 0.3) is 4.96 Å². The molecule has 3 aromatic rings. The quantitative estimate of drug-likeness (QED) is 0.799. The van der Waals surface area contributed by atoms with Crippen LogP contribution in [0.3, 0.4) is 0 Å². The average molecular weight is 299 g/mol. The van der Waals surface area contributed by atoms with Crippen molar-refractivity contribution < 1.29 is 4.79 Å². The van der Waals surface area contributed by atoms with Gasteiger partial charge in [0.05, 0.1) is 0 Å². The summed E-state index contributed by atoms with van der Waals surface area (Å²) in [6, 6.07) is 6.06. The van der Waals surface area contributed by atoms with Crippen molar-refractivity contribution in [2.75, 3.05) is 5.32 Å². The molecule has 0 radical (unpaired) electrons. The van der Waals surface area contributed by atoms with Crippen LogP contribution in [0.15, 0.2) is 29.8 Å². The lowest BCUT2D eigenvalue weighted by Crippen LogP contribution is -2.14. The van der Waals surface area contributed by atoms with Crippen molar-refractivity contribution >= 4 is 27.9 Å². The molecule has 21 heavy (non-hydrogen) atoms. The topological polar surface area (TPSA) is 46.4 Å². The number of hydrogen-bond donors (Lipinski definition) is 1. The van der Waals surface area contributed by atoms with Crippen LogP contribution in [0.4, 0.5) is 5.69 Å². The third-order valence-electron chi connectivity index (χ3n) is 3.60. The Kier molecular flexibility index (Phi) is 3.51. The second kappa shape index (κ2) is 5.33. The molecule has 0 atom stereocenters. The van der Waals surface area contributed by atoms with E-state index >= 15 is 0 Å². The minimum absolute atomic E-state index is 0.158. The summed E-state index contributed by atoms with van der Waals surface area (Å²) in [4.78, 5) is 17.7. The molecule has 0 bridgehead atoms. The predicted octanol–water partition coefficient (Wildman–Crippen LogP) is 3.83. The summed E-state index contributed by atoms with van der Waals surface area (Å²) in [5, 5.41) is 5.03. The van der Waals surface area contributed by atoms with E-state index in [0.717, 1.165) is 33.9 Å². The summed E-state index contributed by atoms with van der Waals surface area (Å²) in [5.74, 6) is -0.158. The van der Waals surface area contributed by atoms with E-state index < -0.39 is 0 Å². The Balaban J connectivity index is 1.93. The molecule has 5 heteroatoms. The van der Waals surface area contributed by atoms with Crippen LogP contribution in [-0.4, -0.2) is 15.3 Å². The largest absolute Gasteiger partial charge is 0.320 e. The summed E-state index contributed by atoms with van der Waals surface area (Å²) in [5.41, 5.74) is 4.65. The molecule has 0 unspecified atom stereocenters. The fraction of sp³-hybridized carbons (Fsp3) is 0.250. The Morgan fingerprint density at radius 3 is 2.90 bits per heavy atom. The summed E-state index contributed by atoms with van der Waals surface area (Å²) in [6.07, 6.45) is 2.68. The minimum atomic E-state index is -0.158. The number of carbonyl (C=O) groups excluding carboxylic acids is 1. The molecule has 4 nitrogen and oxygen atoms in total. The van der Waals surface area contributed by atoms with Crippen LogP contribution in [0.1, 0.15) is 34.2 Å². The molecular weight excluding hydrogens is 282 g/mol. The van der Waals surface area contributed by atoms with Gasteiger partial charge in [0.2, 0.25) is 0 Å². The van der Waals surface area contributed by atoms with Gasteiger partial charge in [0.1, 0.15) is 5.69 Å². The van der Waals surface area contributed by atoms with Gasteiger partial charge >= 0.3 is 0 Å². The third kappa shape index (κ3) is 2.45. The first-order valence-corrected chi connectivity index (χ1v) is 7.81. The summed E-state index contributed by atoms with van der Waals surface area (Å²) in [6.45, 7) is 6.09. The molecular formula is C16H17N3OS. The van der Waals surface area contributed by atoms with Crippen LogP contribution in [0.2, 0.25) is 0 Å². The molecule has 1 N–H and O–H groups in total. The van der Waals surface area contributed by atoms with Crippen molar-refractivity contribution in [3.05, 3.63) is 52.3 Å². The van der Waals surface area contributed by atoms with E-state index in [4.69, 9.17) is 0 Å². The molecule has 0 saturated heterocycles. The van der Waals surface area contributed by atoms with E-state index in [2.05, 4.69) is 17.2 Å². The van der Waals surface area contributed by atoms with Crippen LogP contribution >= 0.6 is 11.3 Å². The Bertz CT molecular complexity index is 816. The number of imidazole rings is 1. The number of nitrogens with zero attached hydrogens (tertiary/aromatic N) is 2. The highest BCUT2D eigenvalue weighted by Crippen LogP contribution is 2.22. The van der Waals surface area contributed by atoms with Crippen molar-refractivity contribution in [2.45, 2.75) is 27.2 Å². The van der Waals surface area contributed by atoms with Crippen LogP contribution in [0, 0.1) is 13.8 Å². The number of rotatable bonds is 3. The van der Waals surface area contributed by atoms with Crippen LogP contribution < -0.4 is 5.32 Å². The minimum Gasteiger partial charge on any atom is -0.320 e. The lowest BCUT2D eigenvalue weighted by Gasteiger charge is -2.11. The van der Waals surface area contributed by atoms with Gasteiger partial charge in [0.15, 0.2) is 4.96 Å². The summed E-state index contributed by atoms with van der Waals surface area (Å²) in [7, 11) is 0. The molecule has 3 rings (SSSR count). The number of anilines is 1. The van der Waals surface area contributed by atoms with Gasteiger partial charge in [-0.15, -0.1) is 11.3 Å². The maximum absolute atomic E-state index is 12.4. The van der Waals surface area contributed by atoms with Gasteiger partial charge in [0.25, 0.3) is 5.91 Å². The van der Waals surface area contributed by atoms with Gasteiger partial charge in [-0.25, -0.2) is 4.98 Å². The van der Waals surface area contributed by atoms with E-state index in [0.29, 0.717) is 5.69 Å². The number of fused-ring (bicyclic) bond motifs is 1. The van der Waals surface area contributed by atoms with Gasteiger partial charge in [-0.3, -0.25) is 9.20 Å². The SMILES string of the molecule is CCc1cccc(C)c1NC(=O)c1cn2c(C)csc2n1. The Morgan fingerprint density at radius 2 is 2.19 bits per heavy atom. The second-order valence-electron chi connectivity index (χ2n) is 5.07. The predicted molar refractivity (Wildman–Crippen MR) is 86.3 cm³/mol. The molecule has 2 aromatic heterocycles. The van der Waals surface area contributed by atoms with Gasteiger partial charge < -0.3 is 5.32 Å². The van der Waals surface area contributed by atoms with Crippen LogP contribution in [-0.2, 0) is 6.42 Å². The lowest BCUT2D eigenvalue weighted by atomic mass is 10.1. The van der Waals surface area contributed by atoms with Gasteiger partial charge in [0, 0.05) is 23.0 Å². The van der Waals surface area contributed by atoms with E-state index in [1.807, 2.05) is 41.8 Å². The molecule has 0 aliphatic carbocycles. The van der Waals surface area contributed by atoms with E-state index in [1.165, 1.54) is 0 Å². The average Bonchev–Trinajstić information content (AvgIpc) is 3.04. The maximum atomic E-state index is 12.4. The van der Waals surface area contributed by atoms with E-state index in [9.17, 15) is 4.79 Å². The molecule has 2 heterocycles. The maximum Gasteiger partial charge on any atom is 0.275 e. The monoisotopic (exact) mass is 299 g/mol. The van der Waals surface area contributed by atoms with Gasteiger partial charge in [-0.1, -0.05) is 25.1 Å². The van der Waals surface area contributed by atoms with Gasteiger partial charge in [-0.2, -0.15) is 0 Å². The van der Waals surface area contributed by atoms with E-state index in [1.54, 1.807) is 17.5 Å². The summed E-state index contributed by atoms with van der Waals surface area (Å²) >= 11 is 1.54. The van der Waals surface area contributed by atoms with Crippen molar-refractivity contribution in [3.63, 3.8) is 0 Å². The number of para-hydroxylation sites is 1. The normalized spacial score (nSPS) is 11.0. The Labute approximate surface area is 127 Å². The molecule has 1 aromatic carbocycles. The molecule has 108 valence electrons. The van der Waals surface area contributed by atoms with Crippen LogP contribution in [0.5, 0.6) is 0 Å². The number of thiazole rings is 1. The highest BCUT2D eigenvalue weighted by Gasteiger charge is 2.15. The second-order valence-corrected chi connectivity index (χ2v) is 5.91. The number of aromatic nitrogens is 2. The fourth-order valence-electron chi connectivity index (χ4n) is 2.38. The van der Waals surface area contributed by atoms with Crippen molar-refractivity contribution in [3.8, 4) is 0 Å². The number of benzene rings is 1. The van der Waals surface area contributed by atoms with E-state index in [-0.39, 0.29) is 5.91 Å². The zero-order valence-corrected chi connectivity index (χ0v) is 13.1. The smallest absolute Gasteiger partial charge is 0.275 e. The lowest BCUT2D eigenvalue weighted by molar-refractivity contribution is 0.102. The first-order valence-electron chi connectivity index (χ1n) is 6.93. The van der Waals surface area contributed by atoms with Gasteiger partial charge in [-0.05, 0) is 31.4 Å². The third-order valence-corrected chi connectivity index (χ3v) is 4.56. The fourth-order valence-corrected chi connectivity index (χ4v) is 3.23. The number of nitrogens with one attached hydrogen (secondary N) is 1. The Hall–Kier alpha value is -2.14. The first-order chi connectivity index (χ1) is 10.1. The highest BCUT2D eigenvalue weighted by molar-refractivity contribution is 7.15. The standard InChI is InChI=1S/C16H17N3OS/c1-4-12-7-5-6-10(2)14(12)18-15(20)13-8-19-11(3)9-21-16(19)17-13/h5-9H,4H2,1-3H3,(H,18,20). The first kappa shape index (κ1) is 13.8.